The van der Waals surface area contributed by atoms with Crippen molar-refractivity contribution in [2.24, 2.45) is 0 Å². The van der Waals surface area contributed by atoms with Crippen LogP contribution >= 0.6 is 0 Å². The second-order valence-corrected chi connectivity index (χ2v) is 10.6. The molecule has 0 spiro atoms. The molecule has 0 aliphatic rings. The van der Waals surface area contributed by atoms with E-state index in [1.54, 1.807) is 0 Å². The number of hydrogen-bond donors (Lipinski definition) is 0. The zero-order chi connectivity index (χ0) is 25.9. The Morgan fingerprint density at radius 3 is 2.27 bits per heavy atom. The number of furan rings is 1. The monoisotopic (exact) mass is 509 g/mol. The number of hydrogen-bond acceptors (Lipinski definition) is 3. The third-order valence-electron chi connectivity index (χ3n) is 8.49. The number of nitrogens with zero attached hydrogens (tertiary/aromatic N) is 3. The molecule has 10 aromatic rings. The highest BCUT2D eigenvalue weighted by Crippen LogP contribution is 2.45. The van der Waals surface area contributed by atoms with Crippen LogP contribution in [0.15, 0.2) is 120 Å². The normalized spacial score (nSPS) is 12.5. The lowest BCUT2D eigenvalue weighted by atomic mass is 9.96. The van der Waals surface area contributed by atoms with Crippen molar-refractivity contribution in [3.05, 3.63) is 115 Å². The first-order valence-corrected chi connectivity index (χ1v) is 13.5. The first kappa shape index (κ1) is 20.5. The van der Waals surface area contributed by atoms with Crippen LogP contribution in [0.5, 0.6) is 0 Å². The molecule has 0 bridgehead atoms. The maximum absolute atomic E-state index is 6.54. The molecule has 0 N–H and O–H groups in total. The number of aromatic nitrogens is 3. The molecule has 4 aromatic heterocycles. The topological polar surface area (TPSA) is 43.3 Å². The molecule has 0 saturated carbocycles. The van der Waals surface area contributed by atoms with Crippen molar-refractivity contribution in [1.82, 2.24) is 14.4 Å². The van der Waals surface area contributed by atoms with Crippen molar-refractivity contribution < 1.29 is 4.42 Å². The van der Waals surface area contributed by atoms with E-state index in [-0.39, 0.29) is 0 Å². The molecule has 0 atom stereocenters. The SMILES string of the molecule is c1ccc2c(-c3ccc4c(c3)c3cc5c6ccccc6oc5c5c6nc7ccccc7nc6n4c35)cccc2c1. The minimum Gasteiger partial charge on any atom is -0.455 e. The Morgan fingerprint density at radius 2 is 1.35 bits per heavy atom. The molecule has 0 unspecified atom stereocenters. The standard InChI is InChI=1S/C36H19N3O/c1-2-10-22-20(8-1)9-7-12-23(22)21-16-17-30-25(18-21)26-19-27-24-11-3-6-15-31(24)40-35(27)32-33-36(39(30)34(26)32)38-29-14-5-4-13-28(29)37-33/h1-19H. The van der Waals surface area contributed by atoms with Crippen LogP contribution in [0.4, 0.5) is 0 Å². The molecule has 0 radical (unpaired) electrons. The van der Waals surface area contributed by atoms with Crippen LogP contribution in [-0.4, -0.2) is 14.4 Å². The second kappa shape index (κ2) is 7.13. The lowest BCUT2D eigenvalue weighted by Crippen LogP contribution is -1.89. The summed E-state index contributed by atoms with van der Waals surface area (Å²) in [4.78, 5) is 10.3. The summed E-state index contributed by atoms with van der Waals surface area (Å²) in [7, 11) is 0. The van der Waals surface area contributed by atoms with E-state index in [2.05, 4.69) is 83.3 Å². The van der Waals surface area contributed by atoms with Gasteiger partial charge in [0.15, 0.2) is 5.65 Å². The predicted octanol–water partition coefficient (Wildman–Crippen LogP) is 9.50. The van der Waals surface area contributed by atoms with Gasteiger partial charge in [0.25, 0.3) is 0 Å². The number of para-hydroxylation sites is 3. The van der Waals surface area contributed by atoms with Crippen LogP contribution in [-0.2, 0) is 0 Å². The molecular weight excluding hydrogens is 490 g/mol. The van der Waals surface area contributed by atoms with E-state index in [0.29, 0.717) is 0 Å². The zero-order valence-corrected chi connectivity index (χ0v) is 21.2. The lowest BCUT2D eigenvalue weighted by molar-refractivity contribution is 0.673. The summed E-state index contributed by atoms with van der Waals surface area (Å²) in [6.45, 7) is 0. The molecule has 0 aliphatic heterocycles. The third kappa shape index (κ3) is 2.46. The smallest absolute Gasteiger partial charge is 0.165 e. The van der Waals surface area contributed by atoms with Gasteiger partial charge in [-0.15, -0.1) is 0 Å². The number of fused-ring (bicyclic) bond motifs is 12. The van der Waals surface area contributed by atoms with Crippen molar-refractivity contribution in [3.63, 3.8) is 0 Å². The van der Waals surface area contributed by atoms with Crippen LogP contribution in [0, 0.1) is 0 Å². The van der Waals surface area contributed by atoms with Crippen LogP contribution in [0.3, 0.4) is 0 Å². The van der Waals surface area contributed by atoms with Gasteiger partial charge in [-0.3, -0.25) is 4.40 Å². The predicted molar refractivity (Wildman–Crippen MR) is 164 cm³/mol. The molecule has 6 aromatic carbocycles. The molecule has 40 heavy (non-hydrogen) atoms. The summed E-state index contributed by atoms with van der Waals surface area (Å²) >= 11 is 0. The van der Waals surface area contributed by atoms with Gasteiger partial charge in [0.05, 0.1) is 27.5 Å². The van der Waals surface area contributed by atoms with Crippen LogP contribution in [0.25, 0.3) is 93.2 Å². The minimum atomic E-state index is 0.861. The molecule has 0 amide bonds. The van der Waals surface area contributed by atoms with Gasteiger partial charge in [-0.05, 0) is 58.3 Å². The molecule has 4 heteroatoms. The molecule has 0 fully saturated rings. The number of rotatable bonds is 1. The minimum absolute atomic E-state index is 0.861. The van der Waals surface area contributed by atoms with Crippen LogP contribution in [0.2, 0.25) is 0 Å². The van der Waals surface area contributed by atoms with Gasteiger partial charge in [0, 0.05) is 21.5 Å². The largest absolute Gasteiger partial charge is 0.455 e. The molecule has 4 heterocycles. The van der Waals surface area contributed by atoms with E-state index in [9.17, 15) is 0 Å². The quantitative estimate of drug-likeness (QED) is 0.221. The van der Waals surface area contributed by atoms with Gasteiger partial charge in [0.1, 0.15) is 16.7 Å². The lowest BCUT2D eigenvalue weighted by Gasteiger charge is -2.08. The summed E-state index contributed by atoms with van der Waals surface area (Å²) in [5.74, 6) is 0. The fourth-order valence-corrected chi connectivity index (χ4v) is 6.75. The summed E-state index contributed by atoms with van der Waals surface area (Å²) in [6.07, 6.45) is 0. The van der Waals surface area contributed by atoms with Crippen molar-refractivity contribution in [2.45, 2.75) is 0 Å². The maximum atomic E-state index is 6.54. The zero-order valence-electron chi connectivity index (χ0n) is 21.2. The highest BCUT2D eigenvalue weighted by Gasteiger charge is 2.25. The Morgan fingerprint density at radius 1 is 0.575 bits per heavy atom. The molecule has 0 aliphatic carbocycles. The Labute approximate surface area is 227 Å². The van der Waals surface area contributed by atoms with Crippen molar-refractivity contribution in [2.75, 3.05) is 0 Å². The van der Waals surface area contributed by atoms with Gasteiger partial charge in [-0.1, -0.05) is 78.9 Å². The van der Waals surface area contributed by atoms with Crippen molar-refractivity contribution in [1.29, 1.82) is 0 Å². The Kier molecular flexibility index (Phi) is 3.65. The first-order chi connectivity index (χ1) is 19.8. The van der Waals surface area contributed by atoms with E-state index in [1.165, 1.54) is 32.7 Å². The molecule has 4 nitrogen and oxygen atoms in total. The Balaban J connectivity index is 1.43. The van der Waals surface area contributed by atoms with Crippen LogP contribution in [0.1, 0.15) is 0 Å². The van der Waals surface area contributed by atoms with E-state index < -0.39 is 0 Å². The van der Waals surface area contributed by atoms with E-state index >= 15 is 0 Å². The summed E-state index contributed by atoms with van der Waals surface area (Å²) in [5, 5.41) is 8.14. The third-order valence-corrected chi connectivity index (χ3v) is 8.49. The van der Waals surface area contributed by atoms with Gasteiger partial charge < -0.3 is 4.42 Å². The molecule has 0 saturated heterocycles. The van der Waals surface area contributed by atoms with E-state index in [4.69, 9.17) is 14.4 Å². The van der Waals surface area contributed by atoms with E-state index in [0.717, 1.165) is 60.6 Å². The Bertz CT molecular complexity index is 2650. The summed E-state index contributed by atoms with van der Waals surface area (Å²) in [5.41, 5.74) is 9.94. The Hall–Kier alpha value is -5.48. The molecule has 184 valence electrons. The molecule has 10 rings (SSSR count). The van der Waals surface area contributed by atoms with Gasteiger partial charge >= 0.3 is 0 Å². The van der Waals surface area contributed by atoms with Crippen molar-refractivity contribution in [3.8, 4) is 11.1 Å². The highest BCUT2D eigenvalue weighted by molar-refractivity contribution is 6.32. The van der Waals surface area contributed by atoms with Crippen molar-refractivity contribution >= 4 is 82.1 Å². The average Bonchev–Trinajstić information content (AvgIpc) is 3.65. The summed E-state index contributed by atoms with van der Waals surface area (Å²) in [6, 6.07) is 40.6. The molecular formula is C36H19N3O. The second-order valence-electron chi connectivity index (χ2n) is 10.6. The van der Waals surface area contributed by atoms with E-state index in [1.807, 2.05) is 36.4 Å². The summed E-state index contributed by atoms with van der Waals surface area (Å²) < 4.78 is 8.83. The van der Waals surface area contributed by atoms with Gasteiger partial charge in [0.2, 0.25) is 0 Å². The average molecular weight is 510 g/mol. The fraction of sp³-hybridized carbons (Fsp3) is 0. The fourth-order valence-electron chi connectivity index (χ4n) is 6.75. The number of benzene rings is 6. The van der Waals surface area contributed by atoms with Crippen LogP contribution < -0.4 is 0 Å². The first-order valence-electron chi connectivity index (χ1n) is 13.5. The van der Waals surface area contributed by atoms with Gasteiger partial charge in [-0.25, -0.2) is 9.97 Å². The maximum Gasteiger partial charge on any atom is 0.165 e. The van der Waals surface area contributed by atoms with Gasteiger partial charge in [-0.2, -0.15) is 0 Å². The highest BCUT2D eigenvalue weighted by atomic mass is 16.3.